The number of amides is 1. The van der Waals surface area contributed by atoms with E-state index in [1.54, 1.807) is 30.1 Å². The van der Waals surface area contributed by atoms with Gasteiger partial charge in [0, 0.05) is 25.4 Å². The fourth-order valence-corrected chi connectivity index (χ4v) is 1.75. The van der Waals surface area contributed by atoms with Crippen molar-refractivity contribution in [2.45, 2.75) is 6.61 Å². The van der Waals surface area contributed by atoms with Gasteiger partial charge in [-0.15, -0.1) is 0 Å². The zero-order valence-electron chi connectivity index (χ0n) is 11.8. The number of alkyl carbamates (subject to hydrolysis) is 1. The summed E-state index contributed by atoms with van der Waals surface area (Å²) in [7, 11) is 1.80. The number of nitrogens with two attached hydrogens (primary N) is 1. The van der Waals surface area contributed by atoms with Crippen LogP contribution in [0.4, 0.5) is 10.6 Å². The topological polar surface area (TPSA) is 82.2 Å². The molecule has 1 aromatic carbocycles. The van der Waals surface area contributed by atoms with Crippen LogP contribution in [0.5, 0.6) is 0 Å². The Kier molecular flexibility index (Phi) is 4.98. The Labute approximate surface area is 123 Å². The molecule has 0 bridgehead atoms. The Morgan fingerprint density at radius 3 is 2.86 bits per heavy atom. The van der Waals surface area contributed by atoms with Gasteiger partial charge in [-0.25, -0.2) is 4.79 Å². The molecular formula is C15H18N4O2. The first kappa shape index (κ1) is 14.6. The number of nitrogen functional groups attached to an aromatic ring is 1. The Morgan fingerprint density at radius 2 is 2.19 bits per heavy atom. The van der Waals surface area contributed by atoms with Crippen molar-refractivity contribution in [1.82, 2.24) is 15.1 Å². The van der Waals surface area contributed by atoms with Crippen molar-refractivity contribution < 1.29 is 9.53 Å². The van der Waals surface area contributed by atoms with Crippen LogP contribution in [0, 0.1) is 0 Å². The highest BCUT2D eigenvalue weighted by molar-refractivity contribution is 5.68. The predicted molar refractivity (Wildman–Crippen MR) is 81.3 cm³/mol. The number of aryl methyl sites for hydroxylation is 1. The Balaban J connectivity index is 1.71. The molecule has 21 heavy (non-hydrogen) atoms. The van der Waals surface area contributed by atoms with Crippen LogP contribution in [-0.2, 0) is 18.4 Å². The third kappa shape index (κ3) is 4.68. The molecule has 0 atom stereocenters. The number of rotatable bonds is 5. The van der Waals surface area contributed by atoms with E-state index < -0.39 is 6.09 Å². The van der Waals surface area contributed by atoms with Gasteiger partial charge in [0.05, 0.1) is 0 Å². The van der Waals surface area contributed by atoms with Crippen LogP contribution in [-0.4, -0.2) is 22.4 Å². The first-order chi connectivity index (χ1) is 10.1. The highest BCUT2D eigenvalue weighted by Gasteiger charge is 2.01. The van der Waals surface area contributed by atoms with Crippen molar-refractivity contribution in [2.24, 2.45) is 7.05 Å². The Bertz CT molecular complexity index is 620. The lowest BCUT2D eigenvalue weighted by Gasteiger charge is -2.05. The Morgan fingerprint density at radius 1 is 1.43 bits per heavy atom. The van der Waals surface area contributed by atoms with E-state index in [1.165, 1.54) is 0 Å². The zero-order chi connectivity index (χ0) is 15.1. The standard InChI is InChI=1S/C15H18N4O2/c1-19-10-13(14(16)18-19)8-5-9-17-15(20)21-11-12-6-3-2-4-7-12/h2-8,10H,9,11H2,1H3,(H2,16,18)(H,17,20). The predicted octanol–water partition coefficient (Wildman–Crippen LogP) is 1.94. The number of nitrogens with zero attached hydrogens (tertiary/aromatic N) is 2. The largest absolute Gasteiger partial charge is 0.445 e. The van der Waals surface area contributed by atoms with Gasteiger partial charge in [0.2, 0.25) is 0 Å². The third-order valence-corrected chi connectivity index (χ3v) is 2.76. The molecule has 1 heterocycles. The van der Waals surface area contributed by atoms with Gasteiger partial charge in [0.15, 0.2) is 5.82 Å². The maximum Gasteiger partial charge on any atom is 0.407 e. The van der Waals surface area contributed by atoms with Crippen molar-refractivity contribution in [3.05, 3.63) is 53.7 Å². The summed E-state index contributed by atoms with van der Waals surface area (Å²) in [5.74, 6) is 0.459. The van der Waals surface area contributed by atoms with Gasteiger partial charge in [0.25, 0.3) is 0 Å². The van der Waals surface area contributed by atoms with Crippen LogP contribution in [0.25, 0.3) is 6.08 Å². The highest BCUT2D eigenvalue weighted by atomic mass is 16.5. The molecule has 110 valence electrons. The van der Waals surface area contributed by atoms with E-state index in [2.05, 4.69) is 10.4 Å². The molecule has 2 aromatic rings. The summed E-state index contributed by atoms with van der Waals surface area (Å²) in [4.78, 5) is 11.5. The normalized spacial score (nSPS) is 10.7. The lowest BCUT2D eigenvalue weighted by Crippen LogP contribution is -2.24. The van der Waals surface area contributed by atoms with Crippen molar-refractivity contribution in [3.8, 4) is 0 Å². The van der Waals surface area contributed by atoms with Crippen LogP contribution in [0.1, 0.15) is 11.1 Å². The molecule has 0 aliphatic heterocycles. The summed E-state index contributed by atoms with van der Waals surface area (Å²) in [6.07, 6.45) is 4.94. The number of anilines is 1. The van der Waals surface area contributed by atoms with Crippen molar-refractivity contribution in [3.63, 3.8) is 0 Å². The fraction of sp³-hybridized carbons (Fsp3) is 0.200. The number of carbonyl (C=O) groups excluding carboxylic acids is 1. The number of hydrogen-bond acceptors (Lipinski definition) is 4. The van der Waals surface area contributed by atoms with Gasteiger partial charge in [0.1, 0.15) is 6.61 Å². The molecule has 1 amide bonds. The van der Waals surface area contributed by atoms with Crippen LogP contribution in [0.3, 0.4) is 0 Å². The van der Waals surface area contributed by atoms with E-state index in [-0.39, 0.29) is 6.61 Å². The summed E-state index contributed by atoms with van der Waals surface area (Å²) in [6, 6.07) is 9.52. The quantitative estimate of drug-likeness (QED) is 0.880. The van der Waals surface area contributed by atoms with Crippen molar-refractivity contribution in [2.75, 3.05) is 12.3 Å². The minimum atomic E-state index is -0.456. The summed E-state index contributed by atoms with van der Waals surface area (Å²) in [5.41, 5.74) is 7.47. The molecule has 0 saturated heterocycles. The monoisotopic (exact) mass is 286 g/mol. The minimum absolute atomic E-state index is 0.256. The molecular weight excluding hydrogens is 268 g/mol. The number of aromatic nitrogens is 2. The number of carbonyl (C=O) groups is 1. The summed E-state index contributed by atoms with van der Waals surface area (Å²) < 4.78 is 6.72. The third-order valence-electron chi connectivity index (χ3n) is 2.76. The van der Waals surface area contributed by atoms with Gasteiger partial charge in [-0.3, -0.25) is 4.68 Å². The van der Waals surface area contributed by atoms with E-state index in [1.807, 2.05) is 30.3 Å². The van der Waals surface area contributed by atoms with Crippen LogP contribution in [0.15, 0.2) is 42.6 Å². The van der Waals surface area contributed by atoms with Gasteiger partial charge < -0.3 is 15.8 Å². The molecule has 0 saturated carbocycles. The number of ether oxygens (including phenoxy) is 1. The number of hydrogen-bond donors (Lipinski definition) is 2. The SMILES string of the molecule is Cn1cc(C=CCNC(=O)OCc2ccccc2)c(N)n1. The van der Waals surface area contributed by atoms with Crippen LogP contribution < -0.4 is 11.1 Å². The lowest BCUT2D eigenvalue weighted by atomic mass is 10.2. The first-order valence-corrected chi connectivity index (χ1v) is 6.55. The molecule has 6 nitrogen and oxygen atoms in total. The summed E-state index contributed by atoms with van der Waals surface area (Å²) in [5, 5.41) is 6.65. The molecule has 0 spiro atoms. The Hall–Kier alpha value is -2.76. The second-order valence-electron chi connectivity index (χ2n) is 4.49. The van der Waals surface area contributed by atoms with E-state index in [4.69, 9.17) is 10.5 Å². The smallest absolute Gasteiger partial charge is 0.407 e. The van der Waals surface area contributed by atoms with E-state index in [9.17, 15) is 4.79 Å². The van der Waals surface area contributed by atoms with Gasteiger partial charge in [-0.05, 0) is 5.56 Å². The fourth-order valence-electron chi connectivity index (χ4n) is 1.75. The second-order valence-corrected chi connectivity index (χ2v) is 4.49. The zero-order valence-corrected chi connectivity index (χ0v) is 11.8. The van der Waals surface area contributed by atoms with Crippen LogP contribution in [0.2, 0.25) is 0 Å². The minimum Gasteiger partial charge on any atom is -0.445 e. The maximum absolute atomic E-state index is 11.5. The summed E-state index contributed by atoms with van der Waals surface area (Å²) >= 11 is 0. The average Bonchev–Trinajstić information content (AvgIpc) is 2.80. The molecule has 6 heteroatoms. The molecule has 0 fully saturated rings. The van der Waals surface area contributed by atoms with E-state index >= 15 is 0 Å². The van der Waals surface area contributed by atoms with E-state index in [0.717, 1.165) is 11.1 Å². The average molecular weight is 286 g/mol. The summed E-state index contributed by atoms with van der Waals surface area (Å²) in [6.45, 7) is 0.619. The van der Waals surface area contributed by atoms with Gasteiger partial charge in [-0.2, -0.15) is 5.10 Å². The lowest BCUT2D eigenvalue weighted by molar-refractivity contribution is 0.141. The number of nitrogens with one attached hydrogen (secondary N) is 1. The molecule has 0 aliphatic carbocycles. The molecule has 0 unspecified atom stereocenters. The molecule has 2 rings (SSSR count). The van der Waals surface area contributed by atoms with Gasteiger partial charge >= 0.3 is 6.09 Å². The van der Waals surface area contributed by atoms with Gasteiger partial charge in [-0.1, -0.05) is 42.5 Å². The molecule has 0 aliphatic rings. The second kappa shape index (κ2) is 7.14. The first-order valence-electron chi connectivity index (χ1n) is 6.55. The number of benzene rings is 1. The van der Waals surface area contributed by atoms with Crippen molar-refractivity contribution in [1.29, 1.82) is 0 Å². The van der Waals surface area contributed by atoms with E-state index in [0.29, 0.717) is 12.4 Å². The van der Waals surface area contributed by atoms with Crippen molar-refractivity contribution >= 4 is 18.0 Å². The molecule has 3 N–H and O–H groups in total. The van der Waals surface area contributed by atoms with Crippen LogP contribution >= 0.6 is 0 Å². The molecule has 0 radical (unpaired) electrons. The molecule has 1 aromatic heterocycles. The highest BCUT2D eigenvalue weighted by Crippen LogP contribution is 2.09. The maximum atomic E-state index is 11.5.